The molecule has 0 bridgehead atoms. The number of amides is 2. The number of carbonyl (C=O) groups is 1. The van der Waals surface area contributed by atoms with Gasteiger partial charge in [-0.05, 0) is 24.6 Å². The van der Waals surface area contributed by atoms with Gasteiger partial charge < -0.3 is 15.4 Å². The highest BCUT2D eigenvalue weighted by Crippen LogP contribution is 2.22. The first-order chi connectivity index (χ1) is 10.9. The third kappa shape index (κ3) is 5.21. The van der Waals surface area contributed by atoms with Gasteiger partial charge in [0.2, 0.25) is 0 Å². The first kappa shape index (κ1) is 16.7. The number of rotatable bonds is 5. The number of alkyl halides is 2. The molecule has 0 saturated carbocycles. The van der Waals surface area contributed by atoms with E-state index in [1.807, 2.05) is 31.2 Å². The number of anilines is 1. The van der Waals surface area contributed by atoms with Crippen LogP contribution < -0.4 is 15.4 Å². The van der Waals surface area contributed by atoms with Crippen molar-refractivity contribution in [1.29, 1.82) is 0 Å². The fraction of sp³-hybridized carbons (Fsp3) is 0.188. The molecule has 0 fully saturated rings. The van der Waals surface area contributed by atoms with Gasteiger partial charge in [0.05, 0.1) is 0 Å². The van der Waals surface area contributed by atoms with E-state index < -0.39 is 24.2 Å². The summed E-state index contributed by atoms with van der Waals surface area (Å²) < 4.78 is 41.6. The zero-order valence-corrected chi connectivity index (χ0v) is 12.3. The lowest BCUT2D eigenvalue weighted by molar-refractivity contribution is -0.0521. The number of hydrogen-bond donors (Lipinski definition) is 2. The molecule has 0 radical (unpaired) electrons. The van der Waals surface area contributed by atoms with Crippen LogP contribution in [0, 0.1) is 12.7 Å². The predicted octanol–water partition coefficient (Wildman–Crippen LogP) is 4.06. The van der Waals surface area contributed by atoms with Crippen LogP contribution in [0.3, 0.4) is 0 Å². The van der Waals surface area contributed by atoms with Crippen molar-refractivity contribution < 1.29 is 22.7 Å². The van der Waals surface area contributed by atoms with Crippen molar-refractivity contribution in [3.05, 3.63) is 59.4 Å². The molecule has 2 aromatic carbocycles. The van der Waals surface area contributed by atoms with E-state index in [1.54, 1.807) is 0 Å². The molecular formula is C16H15F3N2O2. The second-order valence-electron chi connectivity index (χ2n) is 4.82. The molecule has 2 rings (SSSR count). The average Bonchev–Trinajstić information content (AvgIpc) is 2.48. The molecule has 23 heavy (non-hydrogen) atoms. The van der Waals surface area contributed by atoms with E-state index in [1.165, 1.54) is 6.07 Å². The van der Waals surface area contributed by atoms with Crippen LogP contribution in [-0.2, 0) is 6.54 Å². The maximum Gasteiger partial charge on any atom is 0.387 e. The molecule has 0 spiro atoms. The molecule has 2 aromatic rings. The van der Waals surface area contributed by atoms with E-state index in [4.69, 9.17) is 0 Å². The summed E-state index contributed by atoms with van der Waals surface area (Å²) in [6.07, 6.45) is 0. The van der Waals surface area contributed by atoms with E-state index in [0.29, 0.717) is 6.54 Å². The summed E-state index contributed by atoms with van der Waals surface area (Å²) >= 11 is 0. The van der Waals surface area contributed by atoms with Gasteiger partial charge in [-0.25, -0.2) is 9.18 Å². The molecule has 0 atom stereocenters. The van der Waals surface area contributed by atoms with Crippen LogP contribution in [0.4, 0.5) is 23.7 Å². The lowest BCUT2D eigenvalue weighted by Gasteiger charge is -2.10. The fourth-order valence-corrected chi connectivity index (χ4v) is 1.95. The first-order valence-corrected chi connectivity index (χ1v) is 6.79. The van der Waals surface area contributed by atoms with Crippen LogP contribution in [0.5, 0.6) is 5.75 Å². The Morgan fingerprint density at radius 3 is 2.65 bits per heavy atom. The Morgan fingerprint density at radius 1 is 1.22 bits per heavy atom. The summed E-state index contributed by atoms with van der Waals surface area (Å²) in [5, 5.41) is 5.03. The van der Waals surface area contributed by atoms with E-state index in [-0.39, 0.29) is 5.69 Å². The summed E-state index contributed by atoms with van der Waals surface area (Å²) in [5.41, 5.74) is 2.12. The van der Waals surface area contributed by atoms with Gasteiger partial charge in [0.25, 0.3) is 0 Å². The van der Waals surface area contributed by atoms with Crippen molar-refractivity contribution >= 4 is 11.7 Å². The standard InChI is InChI=1S/C16H15F3N2O2/c1-10-3-2-4-11(7-10)9-20-16(22)21-12-5-6-14(13(17)8-12)23-15(18)19/h2-8,15H,9H2,1H3,(H2,20,21,22). The minimum absolute atomic E-state index is 0.130. The zero-order valence-electron chi connectivity index (χ0n) is 12.3. The fourth-order valence-electron chi connectivity index (χ4n) is 1.95. The molecular weight excluding hydrogens is 309 g/mol. The Kier molecular flexibility index (Phi) is 5.46. The minimum Gasteiger partial charge on any atom is -0.432 e. The van der Waals surface area contributed by atoms with E-state index in [2.05, 4.69) is 15.4 Å². The van der Waals surface area contributed by atoms with E-state index in [9.17, 15) is 18.0 Å². The number of carbonyl (C=O) groups excluding carboxylic acids is 1. The summed E-state index contributed by atoms with van der Waals surface area (Å²) in [6.45, 7) is -0.862. The van der Waals surface area contributed by atoms with E-state index >= 15 is 0 Å². The summed E-state index contributed by atoms with van der Waals surface area (Å²) in [7, 11) is 0. The Hall–Kier alpha value is -2.70. The van der Waals surface area contributed by atoms with Crippen molar-refractivity contribution in [2.75, 3.05) is 5.32 Å². The van der Waals surface area contributed by atoms with Gasteiger partial charge in [-0.3, -0.25) is 0 Å². The highest BCUT2D eigenvalue weighted by Gasteiger charge is 2.11. The topological polar surface area (TPSA) is 50.4 Å². The summed E-state index contributed by atoms with van der Waals surface area (Å²) in [6, 6.07) is 10.3. The third-order valence-electron chi connectivity index (χ3n) is 2.94. The van der Waals surface area contributed by atoms with E-state index in [0.717, 1.165) is 23.3 Å². The number of halogens is 3. The van der Waals surface area contributed by atoms with Gasteiger partial charge in [0.15, 0.2) is 11.6 Å². The Balaban J connectivity index is 1.91. The summed E-state index contributed by atoms with van der Waals surface area (Å²) in [4.78, 5) is 11.7. The lowest BCUT2D eigenvalue weighted by atomic mass is 10.1. The zero-order chi connectivity index (χ0) is 16.8. The number of ether oxygens (including phenoxy) is 1. The van der Waals surface area contributed by atoms with Gasteiger partial charge in [0, 0.05) is 18.3 Å². The molecule has 0 saturated heterocycles. The molecule has 0 unspecified atom stereocenters. The largest absolute Gasteiger partial charge is 0.432 e. The average molecular weight is 324 g/mol. The SMILES string of the molecule is Cc1cccc(CNC(=O)Nc2ccc(OC(F)F)c(F)c2)c1. The molecule has 4 nitrogen and oxygen atoms in total. The Bertz CT molecular complexity index is 693. The van der Waals surface area contributed by atoms with Crippen LogP contribution in [0.15, 0.2) is 42.5 Å². The van der Waals surface area contributed by atoms with Crippen molar-refractivity contribution in [2.24, 2.45) is 0 Å². The molecule has 2 N–H and O–H groups in total. The summed E-state index contributed by atoms with van der Waals surface area (Å²) in [5.74, 6) is -1.56. The highest BCUT2D eigenvalue weighted by molar-refractivity contribution is 5.89. The second-order valence-corrected chi connectivity index (χ2v) is 4.82. The molecule has 122 valence electrons. The monoisotopic (exact) mass is 324 g/mol. The van der Waals surface area contributed by atoms with Gasteiger partial charge in [-0.15, -0.1) is 0 Å². The third-order valence-corrected chi connectivity index (χ3v) is 2.94. The predicted molar refractivity (Wildman–Crippen MR) is 80.1 cm³/mol. The number of nitrogens with one attached hydrogen (secondary N) is 2. The van der Waals surface area contributed by atoms with Gasteiger partial charge in [0.1, 0.15) is 0 Å². The lowest BCUT2D eigenvalue weighted by Crippen LogP contribution is -2.28. The molecule has 0 aliphatic rings. The maximum absolute atomic E-state index is 13.5. The Morgan fingerprint density at radius 2 is 2.00 bits per heavy atom. The first-order valence-electron chi connectivity index (χ1n) is 6.79. The minimum atomic E-state index is -3.11. The molecule has 0 aliphatic carbocycles. The quantitative estimate of drug-likeness (QED) is 0.871. The van der Waals surface area contributed by atoms with Crippen molar-refractivity contribution in [2.45, 2.75) is 20.1 Å². The molecule has 7 heteroatoms. The number of hydrogen-bond acceptors (Lipinski definition) is 2. The number of urea groups is 1. The van der Waals surface area contributed by atoms with Crippen molar-refractivity contribution in [1.82, 2.24) is 5.32 Å². The highest BCUT2D eigenvalue weighted by atomic mass is 19.3. The van der Waals surface area contributed by atoms with Crippen LogP contribution in [-0.4, -0.2) is 12.6 Å². The van der Waals surface area contributed by atoms with Gasteiger partial charge >= 0.3 is 12.6 Å². The Labute approximate surface area is 131 Å². The van der Waals surface area contributed by atoms with Crippen LogP contribution in [0.1, 0.15) is 11.1 Å². The van der Waals surface area contributed by atoms with Gasteiger partial charge in [-0.1, -0.05) is 29.8 Å². The number of aryl methyl sites for hydroxylation is 1. The van der Waals surface area contributed by atoms with Gasteiger partial charge in [-0.2, -0.15) is 8.78 Å². The number of benzene rings is 2. The molecule has 0 aromatic heterocycles. The molecule has 0 heterocycles. The van der Waals surface area contributed by atoms with Crippen LogP contribution in [0.2, 0.25) is 0 Å². The molecule has 0 aliphatic heterocycles. The van der Waals surface area contributed by atoms with Crippen LogP contribution >= 0.6 is 0 Å². The maximum atomic E-state index is 13.5. The van der Waals surface area contributed by atoms with Crippen molar-refractivity contribution in [3.8, 4) is 5.75 Å². The molecule has 2 amide bonds. The smallest absolute Gasteiger partial charge is 0.387 e. The second kappa shape index (κ2) is 7.53. The van der Waals surface area contributed by atoms with Crippen LogP contribution in [0.25, 0.3) is 0 Å². The normalized spacial score (nSPS) is 10.5. The van der Waals surface area contributed by atoms with Crippen molar-refractivity contribution in [3.63, 3.8) is 0 Å².